The van der Waals surface area contributed by atoms with E-state index in [1.54, 1.807) is 0 Å². The van der Waals surface area contributed by atoms with Gasteiger partial charge in [-0.3, -0.25) is 0 Å². The highest BCUT2D eigenvalue weighted by molar-refractivity contribution is 5.99. The van der Waals surface area contributed by atoms with E-state index in [-0.39, 0.29) is 6.04 Å². The van der Waals surface area contributed by atoms with Gasteiger partial charge >= 0.3 is 0 Å². The Bertz CT molecular complexity index is 3570. The summed E-state index contributed by atoms with van der Waals surface area (Å²) in [7, 11) is 0. The van der Waals surface area contributed by atoms with Crippen molar-refractivity contribution in [3.63, 3.8) is 0 Å². The molecule has 0 bridgehead atoms. The Labute approximate surface area is 422 Å². The summed E-state index contributed by atoms with van der Waals surface area (Å²) in [5, 5.41) is 2.42. The summed E-state index contributed by atoms with van der Waals surface area (Å²) < 4.78 is 0. The first kappa shape index (κ1) is 43.9. The Hall–Kier alpha value is -9.38. The highest BCUT2D eigenvalue weighted by Gasteiger charge is 2.26. The van der Waals surface area contributed by atoms with Crippen molar-refractivity contribution in [2.45, 2.75) is 12.5 Å². The van der Waals surface area contributed by atoms with Gasteiger partial charge in [0.05, 0.1) is 11.7 Å². The fourth-order valence-electron chi connectivity index (χ4n) is 10.3. The van der Waals surface area contributed by atoms with Gasteiger partial charge in [-0.1, -0.05) is 170 Å². The molecule has 0 spiro atoms. The minimum absolute atomic E-state index is 0.178. The summed E-state index contributed by atoms with van der Waals surface area (Å²) >= 11 is 0. The van der Waals surface area contributed by atoms with E-state index in [9.17, 15) is 0 Å². The molecule has 12 rings (SSSR count). The molecule has 0 saturated carbocycles. The van der Waals surface area contributed by atoms with Gasteiger partial charge in [0.15, 0.2) is 0 Å². The van der Waals surface area contributed by atoms with Crippen molar-refractivity contribution in [2.24, 2.45) is 0 Å². The van der Waals surface area contributed by atoms with Crippen LogP contribution in [0.3, 0.4) is 0 Å². The second-order valence-electron chi connectivity index (χ2n) is 18.1. The van der Waals surface area contributed by atoms with E-state index in [1.165, 1.54) is 27.6 Å². The Morgan fingerprint density at radius 3 is 1.17 bits per heavy atom. The number of hydrogen-bond donors (Lipinski definition) is 0. The lowest BCUT2D eigenvalue weighted by molar-refractivity contribution is 0.702. The molecule has 72 heavy (non-hydrogen) atoms. The molecule has 1 aliphatic carbocycles. The lowest BCUT2D eigenvalue weighted by Gasteiger charge is -2.36. The predicted molar refractivity (Wildman–Crippen MR) is 305 cm³/mol. The number of nitrogens with zero attached hydrogens (tertiary/aromatic N) is 4. The Kier molecular flexibility index (Phi) is 12.1. The van der Waals surface area contributed by atoms with Crippen molar-refractivity contribution in [1.82, 2.24) is 0 Å². The fourth-order valence-corrected chi connectivity index (χ4v) is 10.3. The van der Waals surface area contributed by atoms with Crippen molar-refractivity contribution < 1.29 is 0 Å². The average molecular weight is 925 g/mol. The Balaban J connectivity index is 0.835. The zero-order chi connectivity index (χ0) is 48.1. The van der Waals surface area contributed by atoms with Crippen LogP contribution >= 0.6 is 0 Å². The van der Waals surface area contributed by atoms with Gasteiger partial charge in [-0.15, -0.1) is 0 Å². The average Bonchev–Trinajstić information content (AvgIpc) is 3.46. The van der Waals surface area contributed by atoms with Crippen LogP contribution in [0.15, 0.2) is 291 Å². The lowest BCUT2D eigenvalue weighted by Crippen LogP contribution is -2.25. The van der Waals surface area contributed by atoms with E-state index in [0.717, 1.165) is 74.4 Å². The van der Waals surface area contributed by atoms with Gasteiger partial charge in [-0.05, 0) is 161 Å². The molecule has 344 valence electrons. The zero-order valence-electron chi connectivity index (χ0n) is 39.9. The molecule has 4 heteroatoms. The molecular formula is C68H52N4. The lowest BCUT2D eigenvalue weighted by atomic mass is 9.91. The Morgan fingerprint density at radius 1 is 0.278 bits per heavy atom. The van der Waals surface area contributed by atoms with Crippen LogP contribution in [-0.2, 0) is 0 Å². The predicted octanol–water partition coefficient (Wildman–Crippen LogP) is 19.2. The summed E-state index contributed by atoms with van der Waals surface area (Å²) in [6.45, 7) is 0. The quantitative estimate of drug-likeness (QED) is 0.114. The summed E-state index contributed by atoms with van der Waals surface area (Å²) in [5.74, 6) is 0. The molecule has 11 aromatic carbocycles. The van der Waals surface area contributed by atoms with E-state index in [2.05, 4.69) is 317 Å². The third kappa shape index (κ3) is 8.78. The van der Waals surface area contributed by atoms with Gasteiger partial charge in [0.1, 0.15) is 0 Å². The first-order chi connectivity index (χ1) is 35.7. The second kappa shape index (κ2) is 19.9. The SMILES string of the molecule is C1=Cc2ccccc2C(N(c2ccccc2)c2ccc(N(c3ccccc3)c3ccc(-c4ccc(N(c5ccccc5)c5ccc(N(c6ccccc6)c6cccc7ccccc67)cc5)cc4)cc3)cc2)C1. The van der Waals surface area contributed by atoms with Crippen molar-refractivity contribution in [1.29, 1.82) is 0 Å². The normalized spacial score (nSPS) is 12.8. The number of rotatable bonds is 13. The van der Waals surface area contributed by atoms with Crippen LogP contribution in [0.4, 0.5) is 62.6 Å². The van der Waals surface area contributed by atoms with Gasteiger partial charge in [0.25, 0.3) is 0 Å². The molecule has 11 aromatic rings. The summed E-state index contributed by atoms with van der Waals surface area (Å²) in [6, 6.07) is 103. The number of benzene rings is 11. The number of para-hydroxylation sites is 4. The van der Waals surface area contributed by atoms with Gasteiger partial charge < -0.3 is 19.6 Å². The fraction of sp³-hybridized carbons (Fsp3) is 0.0294. The minimum atomic E-state index is 0.178. The molecule has 0 amide bonds. The van der Waals surface area contributed by atoms with Crippen LogP contribution in [0, 0.1) is 0 Å². The maximum atomic E-state index is 2.49. The van der Waals surface area contributed by atoms with E-state index in [0.29, 0.717) is 0 Å². The maximum Gasteiger partial charge on any atom is 0.0631 e. The number of anilines is 11. The molecule has 4 nitrogen and oxygen atoms in total. The molecule has 0 N–H and O–H groups in total. The van der Waals surface area contributed by atoms with Crippen LogP contribution in [-0.4, -0.2) is 0 Å². The van der Waals surface area contributed by atoms with Crippen LogP contribution in [0.5, 0.6) is 0 Å². The standard InChI is InChI=1S/C68H52N4/c1-5-23-55(24-6-1)69(61-43-47-63(48-44-61)71(57-27-9-3-10-28-57)67-33-17-21-53-19-13-15-31-65(53)67)59-39-35-51(36-40-59)52-37-41-60(42-38-52)70(56-25-7-2-8-26-56)62-45-49-64(50-46-62)72(58-29-11-4-12-30-58)68-34-18-22-54-20-14-16-32-66(54)68/h1-33,35-50,68H,34H2. The molecule has 1 unspecified atom stereocenters. The third-order valence-electron chi connectivity index (χ3n) is 13.7. The van der Waals surface area contributed by atoms with Gasteiger partial charge in [0, 0.05) is 62.3 Å². The minimum Gasteiger partial charge on any atom is -0.334 e. The molecular weight excluding hydrogens is 873 g/mol. The first-order valence-corrected chi connectivity index (χ1v) is 24.8. The molecule has 0 radical (unpaired) electrons. The first-order valence-electron chi connectivity index (χ1n) is 24.8. The van der Waals surface area contributed by atoms with Crippen LogP contribution < -0.4 is 19.6 Å². The molecule has 0 heterocycles. The van der Waals surface area contributed by atoms with Crippen LogP contribution in [0.2, 0.25) is 0 Å². The zero-order valence-corrected chi connectivity index (χ0v) is 39.9. The monoisotopic (exact) mass is 924 g/mol. The summed E-state index contributed by atoms with van der Waals surface area (Å²) in [4.78, 5) is 9.51. The maximum absolute atomic E-state index is 2.49. The van der Waals surface area contributed by atoms with Crippen LogP contribution in [0.25, 0.3) is 28.0 Å². The van der Waals surface area contributed by atoms with Crippen molar-refractivity contribution in [3.8, 4) is 11.1 Å². The van der Waals surface area contributed by atoms with E-state index < -0.39 is 0 Å². The van der Waals surface area contributed by atoms with Crippen molar-refractivity contribution in [3.05, 3.63) is 302 Å². The summed E-state index contributed by atoms with van der Waals surface area (Å²) in [6.07, 6.45) is 5.49. The molecule has 0 fully saturated rings. The number of hydrogen-bond acceptors (Lipinski definition) is 4. The Morgan fingerprint density at radius 2 is 0.639 bits per heavy atom. The summed E-state index contributed by atoms with van der Waals surface area (Å²) in [5.41, 5.74) is 17.1. The smallest absolute Gasteiger partial charge is 0.0631 e. The van der Waals surface area contributed by atoms with Gasteiger partial charge in [-0.25, -0.2) is 0 Å². The molecule has 1 aliphatic rings. The highest BCUT2D eigenvalue weighted by atomic mass is 15.2. The van der Waals surface area contributed by atoms with Crippen LogP contribution in [0.1, 0.15) is 23.6 Å². The van der Waals surface area contributed by atoms with Gasteiger partial charge in [0.2, 0.25) is 0 Å². The number of fused-ring (bicyclic) bond motifs is 2. The molecule has 0 aromatic heterocycles. The van der Waals surface area contributed by atoms with Gasteiger partial charge in [-0.2, -0.15) is 0 Å². The molecule has 0 saturated heterocycles. The molecule has 1 atom stereocenters. The highest BCUT2D eigenvalue weighted by Crippen LogP contribution is 2.45. The van der Waals surface area contributed by atoms with E-state index in [4.69, 9.17) is 0 Å². The van der Waals surface area contributed by atoms with E-state index >= 15 is 0 Å². The topological polar surface area (TPSA) is 13.0 Å². The third-order valence-corrected chi connectivity index (χ3v) is 13.7. The van der Waals surface area contributed by atoms with E-state index in [1.807, 2.05) is 0 Å². The van der Waals surface area contributed by atoms with Crippen molar-refractivity contribution >= 4 is 79.4 Å². The second-order valence-corrected chi connectivity index (χ2v) is 18.1. The van der Waals surface area contributed by atoms with Crippen molar-refractivity contribution in [2.75, 3.05) is 19.6 Å². The largest absolute Gasteiger partial charge is 0.334 e. The molecule has 0 aliphatic heterocycles.